The lowest BCUT2D eigenvalue weighted by Crippen LogP contribution is -2.43. The van der Waals surface area contributed by atoms with Gasteiger partial charge in [0.1, 0.15) is 5.56 Å². The summed E-state index contributed by atoms with van der Waals surface area (Å²) in [7, 11) is 2.90. The van der Waals surface area contributed by atoms with Gasteiger partial charge in [-0.3, -0.25) is 9.48 Å². The van der Waals surface area contributed by atoms with Crippen LogP contribution in [0.4, 0.5) is 0 Å². The predicted molar refractivity (Wildman–Crippen MR) is 70.9 cm³/mol. The second kappa shape index (κ2) is 5.69. The van der Waals surface area contributed by atoms with E-state index in [0.717, 1.165) is 0 Å². The SMILES string of the molecule is C=CCC(C)(C)NC(=O)c1nn(C)cc1C(=O)OC. The maximum atomic E-state index is 12.2. The first-order chi connectivity index (χ1) is 8.80. The molecule has 0 aliphatic heterocycles. The van der Waals surface area contributed by atoms with Gasteiger partial charge in [-0.15, -0.1) is 6.58 Å². The fraction of sp³-hybridized carbons (Fsp3) is 0.462. The Morgan fingerprint density at radius 3 is 2.74 bits per heavy atom. The molecule has 1 N–H and O–H groups in total. The molecule has 0 radical (unpaired) electrons. The van der Waals surface area contributed by atoms with Crippen LogP contribution in [0.5, 0.6) is 0 Å². The number of amides is 1. The van der Waals surface area contributed by atoms with Crippen molar-refractivity contribution >= 4 is 11.9 Å². The van der Waals surface area contributed by atoms with E-state index >= 15 is 0 Å². The highest BCUT2D eigenvalue weighted by molar-refractivity contribution is 6.04. The highest BCUT2D eigenvalue weighted by Gasteiger charge is 2.26. The van der Waals surface area contributed by atoms with Gasteiger partial charge in [-0.1, -0.05) is 6.08 Å². The molecule has 104 valence electrons. The largest absolute Gasteiger partial charge is 0.465 e. The van der Waals surface area contributed by atoms with E-state index in [4.69, 9.17) is 0 Å². The molecule has 1 heterocycles. The minimum atomic E-state index is -0.584. The van der Waals surface area contributed by atoms with Crippen molar-refractivity contribution in [1.82, 2.24) is 15.1 Å². The van der Waals surface area contributed by atoms with Gasteiger partial charge in [-0.05, 0) is 20.3 Å². The van der Waals surface area contributed by atoms with Gasteiger partial charge in [-0.2, -0.15) is 5.10 Å². The highest BCUT2D eigenvalue weighted by Crippen LogP contribution is 2.13. The van der Waals surface area contributed by atoms with Crippen LogP contribution in [-0.2, 0) is 11.8 Å². The van der Waals surface area contributed by atoms with Crippen molar-refractivity contribution in [2.24, 2.45) is 7.05 Å². The van der Waals surface area contributed by atoms with Crippen LogP contribution in [-0.4, -0.2) is 34.3 Å². The van der Waals surface area contributed by atoms with Crippen molar-refractivity contribution in [1.29, 1.82) is 0 Å². The number of ether oxygens (including phenoxy) is 1. The van der Waals surface area contributed by atoms with Gasteiger partial charge < -0.3 is 10.1 Å². The topological polar surface area (TPSA) is 73.2 Å². The molecule has 6 nitrogen and oxygen atoms in total. The van der Waals surface area contributed by atoms with Crippen LogP contribution >= 0.6 is 0 Å². The van der Waals surface area contributed by atoms with Gasteiger partial charge in [-0.25, -0.2) is 4.79 Å². The van der Waals surface area contributed by atoms with Crippen molar-refractivity contribution in [2.45, 2.75) is 25.8 Å². The molecule has 1 aromatic rings. The second-order valence-corrected chi connectivity index (χ2v) is 4.89. The second-order valence-electron chi connectivity index (χ2n) is 4.89. The number of hydrogen-bond acceptors (Lipinski definition) is 4. The van der Waals surface area contributed by atoms with E-state index in [1.165, 1.54) is 18.0 Å². The maximum Gasteiger partial charge on any atom is 0.341 e. The number of rotatable bonds is 5. The molecular formula is C13H19N3O3. The van der Waals surface area contributed by atoms with Crippen LogP contribution in [0.25, 0.3) is 0 Å². The van der Waals surface area contributed by atoms with Gasteiger partial charge in [0.05, 0.1) is 7.11 Å². The zero-order valence-corrected chi connectivity index (χ0v) is 11.7. The van der Waals surface area contributed by atoms with Crippen molar-refractivity contribution in [3.05, 3.63) is 30.1 Å². The first-order valence-corrected chi connectivity index (χ1v) is 5.86. The molecule has 19 heavy (non-hydrogen) atoms. The standard InChI is InChI=1S/C13H19N3O3/c1-6-7-13(2,3)14-11(17)10-9(12(18)19-5)8-16(4)15-10/h6,8H,1,7H2,2-5H3,(H,14,17). The summed E-state index contributed by atoms with van der Waals surface area (Å²) >= 11 is 0. The number of esters is 1. The average Bonchev–Trinajstić information content (AvgIpc) is 2.69. The quantitative estimate of drug-likeness (QED) is 0.643. The Balaban J connectivity index is 3.00. The van der Waals surface area contributed by atoms with Gasteiger partial charge in [0.15, 0.2) is 5.69 Å². The normalized spacial score (nSPS) is 10.9. The Hall–Kier alpha value is -2.11. The van der Waals surface area contributed by atoms with Crippen LogP contribution in [0.1, 0.15) is 41.1 Å². The van der Waals surface area contributed by atoms with Crippen molar-refractivity contribution in [2.75, 3.05) is 7.11 Å². The number of aryl methyl sites for hydroxylation is 1. The van der Waals surface area contributed by atoms with Crippen LogP contribution < -0.4 is 5.32 Å². The number of carbonyl (C=O) groups is 2. The number of hydrogen-bond donors (Lipinski definition) is 1. The monoisotopic (exact) mass is 265 g/mol. The van der Waals surface area contributed by atoms with Crippen LogP contribution in [0, 0.1) is 0 Å². The Kier molecular flexibility index (Phi) is 4.47. The van der Waals surface area contributed by atoms with Crippen molar-refractivity contribution in [3.63, 3.8) is 0 Å². The predicted octanol–water partition coefficient (Wildman–Crippen LogP) is 1.29. The Bertz CT molecular complexity index is 503. The average molecular weight is 265 g/mol. The smallest absolute Gasteiger partial charge is 0.341 e. The number of aromatic nitrogens is 2. The summed E-state index contributed by atoms with van der Waals surface area (Å²) in [5.74, 6) is -0.993. The highest BCUT2D eigenvalue weighted by atomic mass is 16.5. The van der Waals surface area contributed by atoms with E-state index in [9.17, 15) is 9.59 Å². The molecule has 0 unspecified atom stereocenters. The Labute approximate surface area is 112 Å². The van der Waals surface area contributed by atoms with E-state index in [1.807, 2.05) is 13.8 Å². The molecule has 0 aliphatic carbocycles. The first-order valence-electron chi connectivity index (χ1n) is 5.86. The number of carbonyl (C=O) groups excluding carboxylic acids is 2. The molecule has 0 saturated heterocycles. The lowest BCUT2D eigenvalue weighted by Gasteiger charge is -2.24. The Morgan fingerprint density at radius 1 is 1.58 bits per heavy atom. The van der Waals surface area contributed by atoms with E-state index < -0.39 is 17.4 Å². The van der Waals surface area contributed by atoms with Crippen molar-refractivity contribution < 1.29 is 14.3 Å². The third-order valence-electron chi connectivity index (χ3n) is 2.56. The summed E-state index contributed by atoms with van der Waals surface area (Å²) < 4.78 is 6.03. The van der Waals surface area contributed by atoms with E-state index in [1.54, 1.807) is 13.1 Å². The lowest BCUT2D eigenvalue weighted by atomic mass is 10.0. The van der Waals surface area contributed by atoms with Gasteiger partial charge in [0.25, 0.3) is 5.91 Å². The Morgan fingerprint density at radius 2 is 2.21 bits per heavy atom. The molecule has 0 fully saturated rings. The molecular weight excluding hydrogens is 246 g/mol. The summed E-state index contributed by atoms with van der Waals surface area (Å²) in [5.41, 5.74) is -0.243. The summed E-state index contributed by atoms with van der Waals surface area (Å²) in [4.78, 5) is 23.7. The van der Waals surface area contributed by atoms with Crippen molar-refractivity contribution in [3.8, 4) is 0 Å². The number of nitrogens with one attached hydrogen (secondary N) is 1. The lowest BCUT2D eigenvalue weighted by molar-refractivity contribution is 0.0595. The van der Waals surface area contributed by atoms with Crippen LogP contribution in [0.15, 0.2) is 18.9 Å². The molecule has 1 aromatic heterocycles. The number of nitrogens with zero attached hydrogens (tertiary/aromatic N) is 2. The fourth-order valence-corrected chi connectivity index (χ4v) is 1.69. The minimum absolute atomic E-state index is 0.0616. The van der Waals surface area contributed by atoms with E-state index in [0.29, 0.717) is 6.42 Å². The molecule has 0 aliphatic rings. The zero-order valence-electron chi connectivity index (χ0n) is 11.7. The summed E-state index contributed by atoms with van der Waals surface area (Å²) in [6.07, 6.45) is 3.79. The summed E-state index contributed by atoms with van der Waals surface area (Å²) in [6, 6.07) is 0. The van der Waals surface area contributed by atoms with E-state index in [2.05, 4.69) is 21.7 Å². The van der Waals surface area contributed by atoms with Gasteiger partial charge >= 0.3 is 5.97 Å². The fourth-order valence-electron chi connectivity index (χ4n) is 1.69. The summed E-state index contributed by atoms with van der Waals surface area (Å²) in [5, 5.41) is 6.81. The molecule has 0 aromatic carbocycles. The third kappa shape index (κ3) is 3.67. The minimum Gasteiger partial charge on any atom is -0.465 e. The molecule has 1 amide bonds. The van der Waals surface area contributed by atoms with E-state index in [-0.39, 0.29) is 11.3 Å². The molecule has 1 rings (SSSR count). The molecule has 0 bridgehead atoms. The zero-order chi connectivity index (χ0) is 14.6. The number of methoxy groups -OCH3 is 1. The molecule has 0 atom stereocenters. The van der Waals surface area contributed by atoms with Crippen LogP contribution in [0.2, 0.25) is 0 Å². The maximum absolute atomic E-state index is 12.2. The summed E-state index contributed by atoms with van der Waals surface area (Å²) in [6.45, 7) is 7.38. The third-order valence-corrected chi connectivity index (χ3v) is 2.56. The molecule has 0 saturated carbocycles. The van der Waals surface area contributed by atoms with Gasteiger partial charge in [0.2, 0.25) is 0 Å². The van der Waals surface area contributed by atoms with Crippen LogP contribution in [0.3, 0.4) is 0 Å². The molecule has 0 spiro atoms. The molecule has 6 heteroatoms. The van der Waals surface area contributed by atoms with Gasteiger partial charge in [0, 0.05) is 18.8 Å². The first kappa shape index (κ1) is 14.9.